The van der Waals surface area contributed by atoms with Gasteiger partial charge in [0.05, 0.1) is 5.60 Å². The third-order valence-electron chi connectivity index (χ3n) is 4.50. The van der Waals surface area contributed by atoms with Gasteiger partial charge in [0.1, 0.15) is 0 Å². The van der Waals surface area contributed by atoms with Gasteiger partial charge in [-0.2, -0.15) is 0 Å². The molecule has 2 nitrogen and oxygen atoms in total. The van der Waals surface area contributed by atoms with Crippen molar-refractivity contribution in [1.82, 2.24) is 4.90 Å². The van der Waals surface area contributed by atoms with Crippen molar-refractivity contribution >= 4 is 0 Å². The molecule has 3 unspecified atom stereocenters. The Hall–Kier alpha value is -0.0800. The van der Waals surface area contributed by atoms with Gasteiger partial charge in [-0.25, -0.2) is 0 Å². The highest BCUT2D eigenvalue weighted by molar-refractivity contribution is 5.00. The summed E-state index contributed by atoms with van der Waals surface area (Å²) in [4.78, 5) is 2.50. The molecule has 0 aromatic rings. The first-order chi connectivity index (χ1) is 6.70. The normalized spacial score (nSPS) is 42.0. The van der Waals surface area contributed by atoms with E-state index < -0.39 is 0 Å². The first-order valence-electron chi connectivity index (χ1n) is 6.15. The molecule has 0 aromatic carbocycles. The van der Waals surface area contributed by atoms with Crippen LogP contribution < -0.4 is 0 Å². The molecule has 0 spiro atoms. The summed E-state index contributed by atoms with van der Waals surface area (Å²) < 4.78 is 0. The van der Waals surface area contributed by atoms with Crippen LogP contribution >= 0.6 is 0 Å². The van der Waals surface area contributed by atoms with E-state index >= 15 is 0 Å². The quantitative estimate of drug-likeness (QED) is 0.746. The van der Waals surface area contributed by atoms with E-state index in [1.807, 2.05) is 0 Å². The van der Waals surface area contributed by atoms with Crippen molar-refractivity contribution in [2.24, 2.45) is 11.8 Å². The topological polar surface area (TPSA) is 23.5 Å². The standard InChI is InChI=1S/C12H23NO/c1-3-10(4-2)12(14)6-8-13-7-5-11(12)9-13/h10-11,14H,3-9H2,1-2H3. The van der Waals surface area contributed by atoms with Gasteiger partial charge < -0.3 is 10.0 Å². The molecule has 2 heteroatoms. The smallest absolute Gasteiger partial charge is 0.0728 e. The lowest BCUT2D eigenvalue weighted by atomic mass is 9.71. The lowest BCUT2D eigenvalue weighted by molar-refractivity contribution is -0.0929. The Morgan fingerprint density at radius 1 is 1.36 bits per heavy atom. The number of rotatable bonds is 3. The fourth-order valence-electron chi connectivity index (χ4n) is 3.52. The van der Waals surface area contributed by atoms with E-state index in [0.717, 1.165) is 32.4 Å². The fourth-order valence-corrected chi connectivity index (χ4v) is 3.52. The molecule has 0 radical (unpaired) electrons. The lowest BCUT2D eigenvalue weighted by Gasteiger charge is -2.44. The van der Waals surface area contributed by atoms with Crippen molar-refractivity contribution in [1.29, 1.82) is 0 Å². The highest BCUT2D eigenvalue weighted by Crippen LogP contribution is 2.42. The molecule has 2 saturated heterocycles. The van der Waals surface area contributed by atoms with Crippen molar-refractivity contribution in [3.05, 3.63) is 0 Å². The summed E-state index contributed by atoms with van der Waals surface area (Å²) in [6, 6.07) is 0. The van der Waals surface area contributed by atoms with Crippen LogP contribution in [0.3, 0.4) is 0 Å². The van der Waals surface area contributed by atoms with Crippen molar-refractivity contribution < 1.29 is 5.11 Å². The van der Waals surface area contributed by atoms with Gasteiger partial charge in [-0.05, 0) is 25.3 Å². The zero-order valence-electron chi connectivity index (χ0n) is 9.50. The molecule has 2 bridgehead atoms. The van der Waals surface area contributed by atoms with Crippen LogP contribution in [-0.4, -0.2) is 35.2 Å². The van der Waals surface area contributed by atoms with E-state index in [-0.39, 0.29) is 5.60 Å². The molecule has 0 aromatic heterocycles. The van der Waals surface area contributed by atoms with Crippen LogP contribution in [0.15, 0.2) is 0 Å². The second kappa shape index (κ2) is 3.82. The average Bonchev–Trinajstić information content (AvgIpc) is 2.60. The maximum Gasteiger partial charge on any atom is 0.0728 e. The third-order valence-corrected chi connectivity index (χ3v) is 4.50. The Labute approximate surface area is 87.3 Å². The van der Waals surface area contributed by atoms with Crippen LogP contribution in [0, 0.1) is 11.8 Å². The van der Waals surface area contributed by atoms with Crippen LogP contribution in [0.5, 0.6) is 0 Å². The summed E-state index contributed by atoms with van der Waals surface area (Å²) in [5.74, 6) is 1.08. The van der Waals surface area contributed by atoms with Gasteiger partial charge in [-0.1, -0.05) is 26.7 Å². The van der Waals surface area contributed by atoms with Gasteiger partial charge in [0.15, 0.2) is 0 Å². The van der Waals surface area contributed by atoms with Crippen LogP contribution in [0.25, 0.3) is 0 Å². The molecule has 2 heterocycles. The number of hydrogen-bond acceptors (Lipinski definition) is 2. The average molecular weight is 197 g/mol. The zero-order valence-corrected chi connectivity index (χ0v) is 9.50. The summed E-state index contributed by atoms with van der Waals surface area (Å²) >= 11 is 0. The van der Waals surface area contributed by atoms with E-state index in [4.69, 9.17) is 0 Å². The van der Waals surface area contributed by atoms with E-state index in [1.54, 1.807) is 0 Å². The van der Waals surface area contributed by atoms with E-state index in [2.05, 4.69) is 18.7 Å². The highest BCUT2D eigenvalue weighted by Gasteiger charge is 2.48. The second-order valence-electron chi connectivity index (χ2n) is 5.04. The minimum atomic E-state index is -0.337. The SMILES string of the molecule is CCC(CC)C1(O)CCN2CCC1C2. The molecule has 1 N–H and O–H groups in total. The number of piperidine rings is 1. The van der Waals surface area contributed by atoms with Gasteiger partial charge in [0, 0.05) is 19.0 Å². The van der Waals surface area contributed by atoms with E-state index in [0.29, 0.717) is 11.8 Å². The molecule has 2 rings (SSSR count). The second-order valence-corrected chi connectivity index (χ2v) is 5.04. The Balaban J connectivity index is 2.13. The molecule has 2 fully saturated rings. The molecule has 2 aliphatic heterocycles. The number of hydrogen-bond donors (Lipinski definition) is 1. The van der Waals surface area contributed by atoms with Crippen LogP contribution in [0.1, 0.15) is 39.5 Å². The van der Waals surface area contributed by atoms with Crippen LogP contribution in [0.2, 0.25) is 0 Å². The molecule has 82 valence electrons. The molecule has 2 aliphatic rings. The van der Waals surface area contributed by atoms with Crippen molar-refractivity contribution in [2.75, 3.05) is 19.6 Å². The third kappa shape index (κ3) is 1.49. The van der Waals surface area contributed by atoms with Crippen molar-refractivity contribution in [2.45, 2.75) is 45.1 Å². The summed E-state index contributed by atoms with van der Waals surface area (Å²) in [5, 5.41) is 10.8. The summed E-state index contributed by atoms with van der Waals surface area (Å²) in [6.07, 6.45) is 4.48. The first-order valence-corrected chi connectivity index (χ1v) is 6.15. The molecule has 0 amide bonds. The number of aliphatic hydroxyl groups is 1. The molecule has 0 aliphatic carbocycles. The maximum atomic E-state index is 10.8. The Bertz CT molecular complexity index is 198. The Morgan fingerprint density at radius 2 is 2.07 bits per heavy atom. The predicted molar refractivity (Wildman–Crippen MR) is 58.2 cm³/mol. The largest absolute Gasteiger partial charge is 0.389 e. The lowest BCUT2D eigenvalue weighted by Crippen LogP contribution is -2.51. The molecule has 3 atom stereocenters. The van der Waals surface area contributed by atoms with E-state index in [9.17, 15) is 5.11 Å². The van der Waals surface area contributed by atoms with Crippen molar-refractivity contribution in [3.8, 4) is 0 Å². The van der Waals surface area contributed by atoms with Gasteiger partial charge >= 0.3 is 0 Å². The summed E-state index contributed by atoms with van der Waals surface area (Å²) in [6.45, 7) is 7.91. The molecule has 14 heavy (non-hydrogen) atoms. The monoisotopic (exact) mass is 197 g/mol. The van der Waals surface area contributed by atoms with Crippen LogP contribution in [0.4, 0.5) is 0 Å². The summed E-state index contributed by atoms with van der Waals surface area (Å²) in [7, 11) is 0. The fraction of sp³-hybridized carbons (Fsp3) is 1.00. The minimum absolute atomic E-state index is 0.337. The molecule has 0 saturated carbocycles. The number of fused-ring (bicyclic) bond motifs is 2. The summed E-state index contributed by atoms with van der Waals surface area (Å²) in [5.41, 5.74) is -0.337. The van der Waals surface area contributed by atoms with Gasteiger partial charge in [0.2, 0.25) is 0 Å². The van der Waals surface area contributed by atoms with E-state index in [1.165, 1.54) is 13.0 Å². The highest BCUT2D eigenvalue weighted by atomic mass is 16.3. The zero-order chi connectivity index (χ0) is 10.2. The van der Waals surface area contributed by atoms with Crippen molar-refractivity contribution in [3.63, 3.8) is 0 Å². The predicted octanol–water partition coefficient (Wildman–Crippen LogP) is 1.88. The van der Waals surface area contributed by atoms with Gasteiger partial charge in [0.25, 0.3) is 0 Å². The Morgan fingerprint density at radius 3 is 2.71 bits per heavy atom. The first kappa shape index (κ1) is 10.4. The minimum Gasteiger partial charge on any atom is -0.389 e. The maximum absolute atomic E-state index is 10.8. The molecular weight excluding hydrogens is 174 g/mol. The van der Waals surface area contributed by atoms with Gasteiger partial charge in [-0.15, -0.1) is 0 Å². The Kier molecular flexibility index (Phi) is 2.85. The number of nitrogens with zero attached hydrogens (tertiary/aromatic N) is 1. The van der Waals surface area contributed by atoms with Crippen LogP contribution in [-0.2, 0) is 0 Å². The molecular formula is C12H23NO. The van der Waals surface area contributed by atoms with Gasteiger partial charge in [-0.3, -0.25) is 0 Å².